The lowest BCUT2D eigenvalue weighted by Crippen LogP contribution is -2.38. The number of carbonyl (C=O) groups excluding carboxylic acids is 1. The monoisotopic (exact) mass is 387 g/mol. The van der Waals surface area contributed by atoms with Crippen LogP contribution in [0.2, 0.25) is 5.02 Å². The summed E-state index contributed by atoms with van der Waals surface area (Å²) >= 11 is 7.51. The number of anilines is 1. The van der Waals surface area contributed by atoms with Crippen LogP contribution in [0, 0.1) is 5.92 Å². The molecule has 1 aliphatic carbocycles. The van der Waals surface area contributed by atoms with Crippen LogP contribution in [0.4, 0.5) is 5.82 Å². The highest BCUT2D eigenvalue weighted by Crippen LogP contribution is 2.44. The summed E-state index contributed by atoms with van der Waals surface area (Å²) in [5, 5.41) is 4.45. The average molecular weight is 388 g/mol. The summed E-state index contributed by atoms with van der Waals surface area (Å²) in [5.41, 5.74) is 2.06. The molecular weight excluding hydrogens is 370 g/mol. The van der Waals surface area contributed by atoms with Crippen molar-refractivity contribution in [3.63, 3.8) is 0 Å². The zero-order chi connectivity index (χ0) is 18.3. The zero-order valence-corrected chi connectivity index (χ0v) is 15.8. The molecule has 2 aliphatic rings. The smallest absolute Gasteiger partial charge is 0.257 e. The first kappa shape index (κ1) is 17.4. The van der Waals surface area contributed by atoms with E-state index in [1.807, 2.05) is 25.1 Å². The lowest BCUT2D eigenvalue weighted by Gasteiger charge is -2.36. The fourth-order valence-electron chi connectivity index (χ4n) is 3.70. The van der Waals surface area contributed by atoms with Crippen LogP contribution in [0.1, 0.15) is 36.8 Å². The Morgan fingerprint density at radius 3 is 2.73 bits per heavy atom. The highest BCUT2D eigenvalue weighted by atomic mass is 35.5. The topological polar surface area (TPSA) is 74.8 Å². The minimum atomic E-state index is -0.384. The Hall–Kier alpha value is -2.05. The summed E-state index contributed by atoms with van der Waals surface area (Å²) in [5.74, 6) is 0.755. The van der Waals surface area contributed by atoms with Gasteiger partial charge in [0.05, 0.1) is 11.5 Å². The maximum Gasteiger partial charge on any atom is 0.257 e. The first-order chi connectivity index (χ1) is 12.6. The van der Waals surface area contributed by atoms with Gasteiger partial charge >= 0.3 is 0 Å². The number of rotatable bonds is 3. The van der Waals surface area contributed by atoms with Crippen LogP contribution in [0.5, 0.6) is 0 Å². The van der Waals surface area contributed by atoms with Gasteiger partial charge in [-0.25, -0.2) is 4.98 Å². The molecule has 5 nitrogen and oxygen atoms in total. The quantitative estimate of drug-likeness (QED) is 0.616. The van der Waals surface area contributed by atoms with Gasteiger partial charge in [-0.3, -0.25) is 9.59 Å². The molecule has 0 spiro atoms. The van der Waals surface area contributed by atoms with Crippen molar-refractivity contribution in [3.8, 4) is 0 Å². The largest absolute Gasteiger partial charge is 0.343 e. The molecule has 1 aromatic carbocycles. The van der Waals surface area contributed by atoms with E-state index in [1.165, 1.54) is 11.8 Å². The molecule has 0 saturated heterocycles. The van der Waals surface area contributed by atoms with Crippen molar-refractivity contribution in [3.05, 3.63) is 62.5 Å². The molecule has 1 aliphatic heterocycles. The van der Waals surface area contributed by atoms with Gasteiger partial charge in [0.1, 0.15) is 11.6 Å². The van der Waals surface area contributed by atoms with Crippen LogP contribution in [0.15, 0.2) is 46.0 Å². The fourth-order valence-corrected chi connectivity index (χ4v) is 4.42. The predicted molar refractivity (Wildman–Crippen MR) is 104 cm³/mol. The Morgan fingerprint density at radius 2 is 2.00 bits per heavy atom. The summed E-state index contributed by atoms with van der Waals surface area (Å²) in [6.07, 6.45) is 3.25. The van der Waals surface area contributed by atoms with Crippen molar-refractivity contribution in [1.29, 1.82) is 0 Å². The molecule has 2 atom stereocenters. The Balaban J connectivity index is 1.93. The second kappa shape index (κ2) is 6.93. The van der Waals surface area contributed by atoms with Gasteiger partial charge in [0.25, 0.3) is 5.56 Å². The fraction of sp³-hybridized carbons (Fsp3) is 0.316. The Kier molecular flexibility index (Phi) is 4.63. The van der Waals surface area contributed by atoms with Crippen LogP contribution < -0.4 is 10.9 Å². The number of nitrogens with one attached hydrogen (secondary N) is 2. The van der Waals surface area contributed by atoms with Gasteiger partial charge in [0.2, 0.25) is 0 Å². The number of H-pyrrole nitrogens is 1. The van der Waals surface area contributed by atoms with Crippen LogP contribution in [0.25, 0.3) is 0 Å². The third-order valence-electron chi connectivity index (χ3n) is 4.79. The van der Waals surface area contributed by atoms with E-state index in [0.717, 1.165) is 17.0 Å². The molecule has 134 valence electrons. The molecule has 1 aromatic heterocycles. The molecular formula is C19H18ClN3O2S. The molecule has 0 radical (unpaired) electrons. The number of allylic oxidation sites excluding steroid dienone is 2. The SMILES string of the molecule is CCSc1nc2c(c(=O)[nH]1)[C@@H](c1ccc(Cl)cc1)[C@@H]1C(=O)CCC=C1N2. The number of hydrogen-bond donors (Lipinski definition) is 2. The van der Waals surface area contributed by atoms with E-state index < -0.39 is 0 Å². The number of nitrogens with zero attached hydrogens (tertiary/aromatic N) is 1. The number of thioether (sulfide) groups is 1. The second-order valence-corrected chi connectivity index (χ2v) is 8.05. The second-order valence-electron chi connectivity index (χ2n) is 6.36. The number of fused-ring (bicyclic) bond motifs is 2. The van der Waals surface area contributed by atoms with Crippen LogP contribution in [-0.2, 0) is 4.79 Å². The molecule has 0 unspecified atom stereocenters. The van der Waals surface area contributed by atoms with Gasteiger partial charge in [-0.1, -0.05) is 48.5 Å². The summed E-state index contributed by atoms with van der Waals surface area (Å²) in [4.78, 5) is 33.1. The highest BCUT2D eigenvalue weighted by Gasteiger charge is 2.42. The van der Waals surface area contributed by atoms with Crippen LogP contribution in [-0.4, -0.2) is 21.5 Å². The minimum Gasteiger partial charge on any atom is -0.343 e. The lowest BCUT2D eigenvalue weighted by molar-refractivity contribution is -0.122. The van der Waals surface area contributed by atoms with Crippen LogP contribution in [0.3, 0.4) is 0 Å². The minimum absolute atomic E-state index is 0.145. The van der Waals surface area contributed by atoms with E-state index in [2.05, 4.69) is 15.3 Å². The standard InChI is InChI=1S/C19H18ClN3O2S/c1-2-26-19-22-17-16(18(25)23-19)14(10-6-8-11(20)9-7-10)15-12(21-17)4-3-5-13(15)24/h4,6-9,14-15H,2-3,5H2,1H3,(H2,21,22,23,25)/t14-,15-/m0/s1. The first-order valence-electron chi connectivity index (χ1n) is 8.60. The van der Waals surface area contributed by atoms with Crippen molar-refractivity contribution in [2.45, 2.75) is 30.8 Å². The highest BCUT2D eigenvalue weighted by molar-refractivity contribution is 7.99. The van der Waals surface area contributed by atoms with Crippen molar-refractivity contribution in [2.24, 2.45) is 5.92 Å². The van der Waals surface area contributed by atoms with Crippen molar-refractivity contribution < 1.29 is 4.79 Å². The molecule has 2 N–H and O–H groups in total. The number of hydrogen-bond acceptors (Lipinski definition) is 5. The molecule has 4 rings (SSSR count). The van der Waals surface area contributed by atoms with Crippen molar-refractivity contribution in [2.75, 3.05) is 11.1 Å². The van der Waals surface area contributed by atoms with Gasteiger partial charge in [0, 0.05) is 23.1 Å². The third-order valence-corrected chi connectivity index (χ3v) is 5.80. The van der Waals surface area contributed by atoms with E-state index >= 15 is 0 Å². The van der Waals surface area contributed by atoms with Crippen molar-refractivity contribution >= 4 is 35.0 Å². The molecule has 2 heterocycles. The van der Waals surface area contributed by atoms with E-state index in [1.54, 1.807) is 12.1 Å². The number of Topliss-reactive ketones (excluding diaryl/α,β-unsaturated/α-hetero) is 1. The summed E-state index contributed by atoms with van der Waals surface area (Å²) in [7, 11) is 0. The molecule has 7 heteroatoms. The van der Waals surface area contributed by atoms with E-state index in [0.29, 0.717) is 34.4 Å². The summed E-state index contributed by atoms with van der Waals surface area (Å²) < 4.78 is 0. The third kappa shape index (κ3) is 2.97. The van der Waals surface area contributed by atoms with E-state index in [-0.39, 0.29) is 23.2 Å². The predicted octanol–water partition coefficient (Wildman–Crippen LogP) is 3.96. The molecule has 0 fully saturated rings. The molecule has 2 aromatic rings. The lowest BCUT2D eigenvalue weighted by atomic mass is 9.72. The van der Waals surface area contributed by atoms with E-state index in [9.17, 15) is 9.59 Å². The van der Waals surface area contributed by atoms with Gasteiger partial charge in [-0.05, 0) is 29.9 Å². The zero-order valence-electron chi connectivity index (χ0n) is 14.2. The van der Waals surface area contributed by atoms with Gasteiger partial charge < -0.3 is 10.3 Å². The number of ketones is 1. The molecule has 0 amide bonds. The number of carbonyl (C=O) groups is 1. The summed E-state index contributed by atoms with van der Waals surface area (Å²) in [6.45, 7) is 2.01. The first-order valence-corrected chi connectivity index (χ1v) is 9.97. The molecule has 26 heavy (non-hydrogen) atoms. The van der Waals surface area contributed by atoms with E-state index in [4.69, 9.17) is 11.6 Å². The maximum atomic E-state index is 12.9. The number of halogens is 1. The van der Waals surface area contributed by atoms with Gasteiger partial charge in [-0.15, -0.1) is 0 Å². The van der Waals surface area contributed by atoms with Gasteiger partial charge in [0.15, 0.2) is 5.16 Å². The number of aromatic amines is 1. The number of benzene rings is 1. The van der Waals surface area contributed by atoms with Crippen LogP contribution >= 0.6 is 23.4 Å². The Labute approximate surface area is 160 Å². The average Bonchev–Trinajstić information content (AvgIpc) is 2.61. The molecule has 0 bridgehead atoms. The Morgan fingerprint density at radius 1 is 1.23 bits per heavy atom. The number of aromatic nitrogens is 2. The van der Waals surface area contributed by atoms with Crippen molar-refractivity contribution in [1.82, 2.24) is 9.97 Å². The normalized spacial score (nSPS) is 21.5. The van der Waals surface area contributed by atoms with Gasteiger partial charge in [-0.2, -0.15) is 0 Å². The molecule has 0 saturated carbocycles. The Bertz CT molecular complexity index is 952. The summed E-state index contributed by atoms with van der Waals surface area (Å²) in [6, 6.07) is 7.35. The maximum absolute atomic E-state index is 12.9.